The van der Waals surface area contributed by atoms with E-state index in [2.05, 4.69) is 17.2 Å². The molecule has 1 unspecified atom stereocenters. The highest BCUT2D eigenvalue weighted by atomic mass is 32.1. The molecule has 4 nitrogen and oxygen atoms in total. The summed E-state index contributed by atoms with van der Waals surface area (Å²) in [7, 11) is 0. The number of carbonyl (C=O) groups excluding carboxylic acids is 1. The van der Waals surface area contributed by atoms with Crippen LogP contribution in [0.15, 0.2) is 12.1 Å². The summed E-state index contributed by atoms with van der Waals surface area (Å²) in [4.78, 5) is 13.4. The van der Waals surface area contributed by atoms with Gasteiger partial charge in [0.25, 0.3) is 5.91 Å². The third-order valence-corrected chi connectivity index (χ3v) is 3.62. The molecule has 0 spiro atoms. The second-order valence-electron chi connectivity index (χ2n) is 4.01. The van der Waals surface area contributed by atoms with Crippen molar-refractivity contribution in [2.75, 3.05) is 19.8 Å². The second kappa shape index (κ2) is 6.55. The lowest BCUT2D eigenvalue weighted by Crippen LogP contribution is -2.40. The Morgan fingerprint density at radius 2 is 2.50 bits per heavy atom. The van der Waals surface area contributed by atoms with Gasteiger partial charge in [-0.2, -0.15) is 0 Å². The van der Waals surface area contributed by atoms with Crippen LogP contribution in [0.3, 0.4) is 0 Å². The van der Waals surface area contributed by atoms with E-state index in [1.54, 1.807) is 12.1 Å². The number of hydrogen-bond donors (Lipinski definition) is 2. The van der Waals surface area contributed by atoms with Gasteiger partial charge in [0.1, 0.15) is 6.61 Å². The summed E-state index contributed by atoms with van der Waals surface area (Å²) in [6, 6.07) is 3.66. The molecule has 18 heavy (non-hydrogen) atoms. The molecule has 0 bridgehead atoms. The Morgan fingerprint density at radius 1 is 1.61 bits per heavy atom. The van der Waals surface area contributed by atoms with Gasteiger partial charge in [0.05, 0.1) is 22.4 Å². The van der Waals surface area contributed by atoms with Crippen molar-refractivity contribution in [1.82, 2.24) is 5.32 Å². The molecule has 0 aromatic carbocycles. The van der Waals surface area contributed by atoms with Crippen molar-refractivity contribution in [1.29, 1.82) is 0 Å². The molecule has 2 N–H and O–H groups in total. The van der Waals surface area contributed by atoms with Gasteiger partial charge >= 0.3 is 0 Å². The topological polar surface area (TPSA) is 58.6 Å². The summed E-state index contributed by atoms with van der Waals surface area (Å²) >= 11 is 1.33. The van der Waals surface area contributed by atoms with Crippen LogP contribution in [-0.4, -0.2) is 36.9 Å². The quantitative estimate of drug-likeness (QED) is 0.784. The predicted molar refractivity (Wildman–Crippen MR) is 69.6 cm³/mol. The Labute approximate surface area is 110 Å². The number of aliphatic hydroxyl groups is 1. The zero-order valence-corrected chi connectivity index (χ0v) is 10.8. The first-order valence-electron chi connectivity index (χ1n) is 5.88. The molecular weight excluding hydrogens is 250 g/mol. The van der Waals surface area contributed by atoms with Gasteiger partial charge in [-0.25, -0.2) is 0 Å². The minimum Gasteiger partial charge on any atom is -0.384 e. The van der Waals surface area contributed by atoms with Crippen molar-refractivity contribution >= 4 is 17.2 Å². The zero-order chi connectivity index (χ0) is 12.8. The Balaban J connectivity index is 1.93. The molecule has 1 aliphatic heterocycles. The molecule has 0 radical (unpaired) electrons. The van der Waals surface area contributed by atoms with Crippen molar-refractivity contribution in [3.63, 3.8) is 0 Å². The fraction of sp³-hybridized carbons (Fsp3) is 0.462. The fourth-order valence-corrected chi connectivity index (χ4v) is 2.55. The summed E-state index contributed by atoms with van der Waals surface area (Å²) < 4.78 is 5.32. The van der Waals surface area contributed by atoms with Crippen LogP contribution in [0.25, 0.3) is 0 Å². The van der Waals surface area contributed by atoms with E-state index in [0.29, 0.717) is 11.5 Å². The van der Waals surface area contributed by atoms with Gasteiger partial charge in [-0.05, 0) is 25.0 Å². The molecule has 1 aromatic heterocycles. The van der Waals surface area contributed by atoms with E-state index in [0.717, 1.165) is 24.3 Å². The molecule has 2 heterocycles. The van der Waals surface area contributed by atoms with Crippen LogP contribution in [0, 0.1) is 11.8 Å². The highest BCUT2D eigenvalue weighted by Gasteiger charge is 2.17. The Kier molecular flexibility index (Phi) is 4.76. The average Bonchev–Trinajstić information content (AvgIpc) is 2.86. The van der Waals surface area contributed by atoms with Crippen molar-refractivity contribution < 1.29 is 14.6 Å². The van der Waals surface area contributed by atoms with Crippen molar-refractivity contribution in [3.8, 4) is 11.8 Å². The van der Waals surface area contributed by atoms with E-state index in [-0.39, 0.29) is 18.6 Å². The number of hydrogen-bond acceptors (Lipinski definition) is 4. The molecule has 96 valence electrons. The van der Waals surface area contributed by atoms with Gasteiger partial charge in [0.15, 0.2) is 0 Å². The van der Waals surface area contributed by atoms with Crippen LogP contribution < -0.4 is 5.32 Å². The minimum atomic E-state index is -0.168. The second-order valence-corrected chi connectivity index (χ2v) is 5.10. The molecule has 1 saturated heterocycles. The number of ether oxygens (including phenoxy) is 1. The number of carbonyl (C=O) groups is 1. The maximum atomic E-state index is 11.9. The predicted octanol–water partition coefficient (Wildman–Crippen LogP) is 1.00. The van der Waals surface area contributed by atoms with Crippen molar-refractivity contribution in [2.24, 2.45) is 0 Å². The van der Waals surface area contributed by atoms with Crippen LogP contribution in [-0.2, 0) is 4.74 Å². The third kappa shape index (κ3) is 3.57. The molecule has 1 amide bonds. The summed E-state index contributed by atoms with van der Waals surface area (Å²) in [5, 5.41) is 11.6. The van der Waals surface area contributed by atoms with Gasteiger partial charge in [-0.15, -0.1) is 11.3 Å². The zero-order valence-electron chi connectivity index (χ0n) is 9.94. The van der Waals surface area contributed by atoms with Crippen LogP contribution in [0.2, 0.25) is 0 Å². The van der Waals surface area contributed by atoms with Crippen LogP contribution in [0.1, 0.15) is 27.4 Å². The van der Waals surface area contributed by atoms with Crippen molar-refractivity contribution in [2.45, 2.75) is 18.9 Å². The first kappa shape index (κ1) is 13.1. The molecule has 2 rings (SSSR count). The van der Waals surface area contributed by atoms with E-state index >= 15 is 0 Å². The standard InChI is InChI=1S/C13H15NO3S/c15-7-1-4-11-5-6-12(18-11)13(16)14-10-3-2-8-17-9-10/h5-6,10,15H,2-3,7-9H2,(H,14,16). The van der Waals surface area contributed by atoms with Gasteiger partial charge < -0.3 is 15.2 Å². The number of amides is 1. The smallest absolute Gasteiger partial charge is 0.261 e. The van der Waals surface area contributed by atoms with Gasteiger partial charge in [-0.3, -0.25) is 4.79 Å². The van der Waals surface area contributed by atoms with Gasteiger partial charge in [-0.1, -0.05) is 11.8 Å². The van der Waals surface area contributed by atoms with E-state index in [1.807, 2.05) is 0 Å². The first-order valence-corrected chi connectivity index (χ1v) is 6.69. The third-order valence-electron chi connectivity index (χ3n) is 2.62. The van der Waals surface area contributed by atoms with E-state index in [1.165, 1.54) is 11.3 Å². The molecule has 0 saturated carbocycles. The molecule has 1 fully saturated rings. The highest BCUT2D eigenvalue weighted by Crippen LogP contribution is 2.16. The molecule has 1 atom stereocenters. The number of thiophene rings is 1. The van der Waals surface area contributed by atoms with E-state index in [9.17, 15) is 4.79 Å². The normalized spacial score (nSPS) is 18.8. The van der Waals surface area contributed by atoms with Gasteiger partial charge in [0, 0.05) is 6.61 Å². The minimum absolute atomic E-state index is 0.0763. The molecule has 0 aliphatic carbocycles. The Hall–Kier alpha value is -1.35. The van der Waals surface area contributed by atoms with Crippen LogP contribution in [0.5, 0.6) is 0 Å². The van der Waals surface area contributed by atoms with E-state index < -0.39 is 0 Å². The average molecular weight is 265 g/mol. The lowest BCUT2D eigenvalue weighted by Gasteiger charge is -2.22. The summed E-state index contributed by atoms with van der Waals surface area (Å²) in [6.07, 6.45) is 1.96. The summed E-state index contributed by atoms with van der Waals surface area (Å²) in [5.74, 6) is 5.27. The lowest BCUT2D eigenvalue weighted by atomic mass is 10.1. The maximum Gasteiger partial charge on any atom is 0.261 e. The SMILES string of the molecule is O=C(NC1CCCOC1)c1ccc(C#CCO)s1. The molecular formula is C13H15NO3S. The van der Waals surface area contributed by atoms with Crippen molar-refractivity contribution in [3.05, 3.63) is 21.9 Å². The maximum absolute atomic E-state index is 11.9. The number of nitrogens with one attached hydrogen (secondary N) is 1. The Morgan fingerprint density at radius 3 is 3.22 bits per heavy atom. The highest BCUT2D eigenvalue weighted by molar-refractivity contribution is 7.14. The lowest BCUT2D eigenvalue weighted by molar-refractivity contribution is 0.0626. The molecule has 1 aliphatic rings. The van der Waals surface area contributed by atoms with Crippen LogP contribution in [0.4, 0.5) is 0 Å². The Bertz CT molecular complexity index is 466. The largest absolute Gasteiger partial charge is 0.384 e. The number of rotatable bonds is 2. The van der Waals surface area contributed by atoms with E-state index in [4.69, 9.17) is 9.84 Å². The summed E-state index contributed by atoms with van der Waals surface area (Å²) in [5.41, 5.74) is 0. The van der Waals surface area contributed by atoms with Crippen LogP contribution >= 0.6 is 11.3 Å². The number of aliphatic hydroxyl groups excluding tert-OH is 1. The molecule has 5 heteroatoms. The first-order chi connectivity index (χ1) is 8.79. The monoisotopic (exact) mass is 265 g/mol. The fourth-order valence-electron chi connectivity index (χ4n) is 1.76. The van der Waals surface area contributed by atoms with Gasteiger partial charge in [0.2, 0.25) is 0 Å². The molecule has 1 aromatic rings. The summed E-state index contributed by atoms with van der Waals surface area (Å²) in [6.45, 7) is 1.21.